The van der Waals surface area contributed by atoms with Gasteiger partial charge in [0.15, 0.2) is 11.6 Å². The Labute approximate surface area is 141 Å². The van der Waals surface area contributed by atoms with Crippen molar-refractivity contribution in [1.29, 1.82) is 0 Å². The molecule has 0 radical (unpaired) electrons. The largest absolute Gasteiger partial charge is 0.398 e. The van der Waals surface area contributed by atoms with Crippen LogP contribution in [0.3, 0.4) is 0 Å². The van der Waals surface area contributed by atoms with Gasteiger partial charge >= 0.3 is 0 Å². The lowest BCUT2D eigenvalue weighted by Gasteiger charge is -2.22. The summed E-state index contributed by atoms with van der Waals surface area (Å²) in [7, 11) is 0. The number of hydrogen-bond donors (Lipinski definition) is 2. The molecule has 1 aliphatic rings. The van der Waals surface area contributed by atoms with Gasteiger partial charge in [-0.05, 0) is 24.6 Å². The number of nitrogens with one attached hydrogen (secondary N) is 1. The zero-order valence-electron chi connectivity index (χ0n) is 13.4. The standard InChI is InChI=1S/C20H18N2O2/c1-13-8-9-17(21)14(11-13)5-4-10-22-18-12-19(23)15-6-2-3-7-16(15)20(18)24/h2-3,6-9,11,18,22H,10,12,21H2,1H3. The van der Waals surface area contributed by atoms with Crippen LogP contribution in [0.25, 0.3) is 0 Å². The van der Waals surface area contributed by atoms with Crippen molar-refractivity contribution in [2.24, 2.45) is 0 Å². The zero-order chi connectivity index (χ0) is 17.1. The molecule has 0 aromatic heterocycles. The molecule has 1 aliphatic carbocycles. The summed E-state index contributed by atoms with van der Waals surface area (Å²) in [5.41, 5.74) is 9.38. The van der Waals surface area contributed by atoms with Crippen LogP contribution in [-0.2, 0) is 0 Å². The summed E-state index contributed by atoms with van der Waals surface area (Å²) in [6.45, 7) is 2.30. The molecule has 0 bridgehead atoms. The molecule has 0 amide bonds. The first-order chi connectivity index (χ1) is 11.6. The fourth-order valence-corrected chi connectivity index (χ4v) is 2.77. The second-order valence-electron chi connectivity index (χ2n) is 5.86. The number of anilines is 1. The van der Waals surface area contributed by atoms with Crippen LogP contribution in [0, 0.1) is 18.8 Å². The van der Waals surface area contributed by atoms with Crippen molar-refractivity contribution in [2.45, 2.75) is 19.4 Å². The Bertz CT molecular complexity index is 875. The van der Waals surface area contributed by atoms with E-state index in [4.69, 9.17) is 5.73 Å². The number of nitrogen functional groups attached to an aromatic ring is 1. The number of nitrogens with two attached hydrogens (primary N) is 1. The third-order valence-corrected chi connectivity index (χ3v) is 4.07. The molecule has 1 atom stereocenters. The minimum Gasteiger partial charge on any atom is -0.398 e. The second-order valence-corrected chi connectivity index (χ2v) is 5.86. The molecule has 2 aromatic rings. The van der Waals surface area contributed by atoms with E-state index in [9.17, 15) is 9.59 Å². The number of carbonyl (C=O) groups is 2. The molecule has 1 unspecified atom stereocenters. The third-order valence-electron chi connectivity index (χ3n) is 4.07. The summed E-state index contributed by atoms with van der Waals surface area (Å²) in [5, 5.41) is 3.06. The number of rotatable bonds is 2. The SMILES string of the molecule is Cc1ccc(N)c(C#CCNC2CC(=O)c3ccccc3C2=O)c1. The minimum atomic E-state index is -0.517. The van der Waals surface area contributed by atoms with Crippen LogP contribution >= 0.6 is 0 Å². The van der Waals surface area contributed by atoms with Crippen molar-refractivity contribution >= 4 is 17.3 Å². The normalized spacial score (nSPS) is 16.3. The highest BCUT2D eigenvalue weighted by Crippen LogP contribution is 2.21. The smallest absolute Gasteiger partial charge is 0.180 e. The van der Waals surface area contributed by atoms with Gasteiger partial charge in [0.05, 0.1) is 12.6 Å². The highest BCUT2D eigenvalue weighted by atomic mass is 16.1. The maximum absolute atomic E-state index is 12.4. The van der Waals surface area contributed by atoms with Gasteiger partial charge in [0, 0.05) is 28.8 Å². The summed E-state index contributed by atoms with van der Waals surface area (Å²) in [6.07, 6.45) is 0.171. The van der Waals surface area contributed by atoms with Gasteiger partial charge in [-0.3, -0.25) is 14.9 Å². The predicted molar refractivity (Wildman–Crippen MR) is 94.0 cm³/mol. The average molecular weight is 318 g/mol. The highest BCUT2D eigenvalue weighted by Gasteiger charge is 2.31. The monoisotopic (exact) mass is 318 g/mol. The van der Waals surface area contributed by atoms with E-state index in [0.717, 1.165) is 11.1 Å². The lowest BCUT2D eigenvalue weighted by atomic mass is 9.86. The Hall–Kier alpha value is -2.90. The first kappa shape index (κ1) is 16.0. The maximum atomic E-state index is 12.4. The molecule has 0 saturated carbocycles. The van der Waals surface area contributed by atoms with Crippen molar-refractivity contribution in [3.63, 3.8) is 0 Å². The first-order valence-electron chi connectivity index (χ1n) is 7.81. The summed E-state index contributed by atoms with van der Waals surface area (Å²) < 4.78 is 0. The van der Waals surface area contributed by atoms with Gasteiger partial charge in [-0.1, -0.05) is 42.2 Å². The fraction of sp³-hybridized carbons (Fsp3) is 0.200. The first-order valence-corrected chi connectivity index (χ1v) is 7.81. The van der Waals surface area contributed by atoms with E-state index < -0.39 is 6.04 Å². The molecule has 0 fully saturated rings. The van der Waals surface area contributed by atoms with E-state index in [1.807, 2.05) is 25.1 Å². The maximum Gasteiger partial charge on any atom is 0.180 e. The Morgan fingerprint density at radius 3 is 2.71 bits per heavy atom. The van der Waals surface area contributed by atoms with Gasteiger partial charge in [0.25, 0.3) is 0 Å². The fourth-order valence-electron chi connectivity index (χ4n) is 2.77. The van der Waals surface area contributed by atoms with Crippen LogP contribution < -0.4 is 11.1 Å². The van der Waals surface area contributed by atoms with E-state index in [0.29, 0.717) is 23.4 Å². The number of carbonyl (C=O) groups excluding carboxylic acids is 2. The average Bonchev–Trinajstić information content (AvgIpc) is 2.59. The second kappa shape index (κ2) is 6.69. The van der Waals surface area contributed by atoms with Crippen LogP contribution in [0.15, 0.2) is 42.5 Å². The Balaban J connectivity index is 1.68. The van der Waals surface area contributed by atoms with Crippen molar-refractivity contribution in [3.8, 4) is 11.8 Å². The summed E-state index contributed by atoms with van der Waals surface area (Å²) in [6, 6.07) is 12.1. The number of aryl methyl sites for hydroxylation is 1. The molecular formula is C20H18N2O2. The van der Waals surface area contributed by atoms with Crippen molar-refractivity contribution in [2.75, 3.05) is 12.3 Å². The predicted octanol–water partition coefficient (Wildman–Crippen LogP) is 2.36. The molecule has 3 rings (SSSR count). The number of fused-ring (bicyclic) bond motifs is 1. The van der Waals surface area contributed by atoms with Crippen LogP contribution in [0.5, 0.6) is 0 Å². The van der Waals surface area contributed by atoms with Gasteiger partial charge in [-0.2, -0.15) is 0 Å². The van der Waals surface area contributed by atoms with E-state index in [2.05, 4.69) is 17.2 Å². The molecule has 24 heavy (non-hydrogen) atoms. The Morgan fingerprint density at radius 2 is 1.92 bits per heavy atom. The van der Waals surface area contributed by atoms with E-state index in [-0.39, 0.29) is 18.0 Å². The molecule has 0 spiro atoms. The van der Waals surface area contributed by atoms with Gasteiger partial charge < -0.3 is 5.73 Å². The Kier molecular flexibility index (Phi) is 4.45. The lowest BCUT2D eigenvalue weighted by molar-refractivity contribution is 0.0851. The number of Topliss-reactive ketones (excluding diaryl/α,β-unsaturated/α-hetero) is 2. The highest BCUT2D eigenvalue weighted by molar-refractivity contribution is 6.16. The number of benzene rings is 2. The summed E-state index contributed by atoms with van der Waals surface area (Å²) in [4.78, 5) is 24.6. The minimum absolute atomic E-state index is 0.0152. The van der Waals surface area contributed by atoms with E-state index in [1.54, 1.807) is 24.3 Å². The van der Waals surface area contributed by atoms with Gasteiger partial charge in [-0.25, -0.2) is 0 Å². The topological polar surface area (TPSA) is 72.2 Å². The third kappa shape index (κ3) is 3.22. The van der Waals surface area contributed by atoms with Crippen LogP contribution in [0.1, 0.15) is 38.3 Å². The molecule has 0 saturated heterocycles. The van der Waals surface area contributed by atoms with Crippen LogP contribution in [0.4, 0.5) is 5.69 Å². The van der Waals surface area contributed by atoms with E-state index >= 15 is 0 Å². The zero-order valence-corrected chi connectivity index (χ0v) is 13.4. The quantitative estimate of drug-likeness (QED) is 0.658. The molecular weight excluding hydrogens is 300 g/mol. The van der Waals surface area contributed by atoms with Gasteiger partial charge in [0.2, 0.25) is 0 Å². The van der Waals surface area contributed by atoms with E-state index in [1.165, 1.54) is 0 Å². The lowest BCUT2D eigenvalue weighted by Crippen LogP contribution is -2.42. The van der Waals surface area contributed by atoms with Crippen molar-refractivity contribution < 1.29 is 9.59 Å². The summed E-state index contributed by atoms with van der Waals surface area (Å²) in [5.74, 6) is 5.91. The molecule has 4 heteroatoms. The Morgan fingerprint density at radius 1 is 1.17 bits per heavy atom. The molecule has 0 aliphatic heterocycles. The van der Waals surface area contributed by atoms with Crippen molar-refractivity contribution in [3.05, 3.63) is 64.7 Å². The molecule has 4 nitrogen and oxygen atoms in total. The molecule has 3 N–H and O–H groups in total. The summed E-state index contributed by atoms with van der Waals surface area (Å²) >= 11 is 0. The molecule has 120 valence electrons. The number of hydrogen-bond acceptors (Lipinski definition) is 4. The van der Waals surface area contributed by atoms with Gasteiger partial charge in [-0.15, -0.1) is 0 Å². The van der Waals surface area contributed by atoms with Crippen molar-refractivity contribution in [1.82, 2.24) is 5.32 Å². The van der Waals surface area contributed by atoms with Gasteiger partial charge in [0.1, 0.15) is 0 Å². The number of ketones is 2. The van der Waals surface area contributed by atoms with Crippen LogP contribution in [0.2, 0.25) is 0 Å². The van der Waals surface area contributed by atoms with Crippen LogP contribution in [-0.4, -0.2) is 24.2 Å². The molecule has 2 aromatic carbocycles. The molecule has 0 heterocycles.